The van der Waals surface area contributed by atoms with E-state index in [1.54, 1.807) is 12.5 Å². The molecular weight excluding hydrogens is 240 g/mol. The third-order valence-electron chi connectivity index (χ3n) is 3.07. The van der Waals surface area contributed by atoms with Gasteiger partial charge in [0.05, 0.1) is 11.1 Å². The van der Waals surface area contributed by atoms with E-state index < -0.39 is 0 Å². The van der Waals surface area contributed by atoms with Crippen molar-refractivity contribution in [3.05, 3.63) is 48.5 Å². The molecule has 0 aliphatic rings. The van der Waals surface area contributed by atoms with E-state index in [9.17, 15) is 5.11 Å². The lowest BCUT2D eigenvalue weighted by molar-refractivity contribution is 0.468. The van der Waals surface area contributed by atoms with Gasteiger partial charge in [-0.2, -0.15) is 0 Å². The molecule has 4 nitrogen and oxygen atoms in total. The molecule has 4 heteroatoms. The Hall–Kier alpha value is -2.33. The van der Waals surface area contributed by atoms with Crippen LogP contribution < -0.4 is 5.32 Å². The van der Waals surface area contributed by atoms with Crippen LogP contribution in [-0.2, 0) is 6.54 Å². The first-order chi connectivity index (χ1) is 9.31. The monoisotopic (exact) mass is 254 g/mol. The van der Waals surface area contributed by atoms with Gasteiger partial charge in [0.2, 0.25) is 0 Å². The number of aromatic nitrogens is 1. The summed E-state index contributed by atoms with van der Waals surface area (Å²) < 4.78 is 5.59. The van der Waals surface area contributed by atoms with Crippen LogP contribution in [0.4, 0.5) is 0 Å². The fraction of sp³-hybridized carbons (Fsp3) is 0.133. The summed E-state index contributed by atoms with van der Waals surface area (Å²) in [5.74, 6) is 0.854. The predicted octanol–water partition coefficient (Wildman–Crippen LogP) is 2.92. The Labute approximate surface area is 110 Å². The maximum Gasteiger partial charge on any atom is 0.150 e. The Morgan fingerprint density at radius 2 is 2.05 bits per heavy atom. The summed E-state index contributed by atoms with van der Waals surface area (Å²) in [6.07, 6.45) is 3.34. The van der Waals surface area contributed by atoms with E-state index in [0.29, 0.717) is 23.4 Å². The van der Waals surface area contributed by atoms with Crippen molar-refractivity contribution in [3.63, 3.8) is 0 Å². The highest BCUT2D eigenvalue weighted by molar-refractivity contribution is 5.98. The molecule has 0 bridgehead atoms. The van der Waals surface area contributed by atoms with Crippen LogP contribution in [0.15, 0.2) is 47.2 Å². The summed E-state index contributed by atoms with van der Waals surface area (Å²) in [5.41, 5.74) is 1.56. The number of rotatable bonds is 3. The highest BCUT2D eigenvalue weighted by Crippen LogP contribution is 2.37. The first-order valence-electron chi connectivity index (χ1n) is 6.09. The molecular formula is C15H14N2O2. The highest BCUT2D eigenvalue weighted by Gasteiger charge is 2.16. The second-order valence-electron chi connectivity index (χ2n) is 4.35. The normalized spacial score (nSPS) is 11.0. The number of nitrogens with one attached hydrogen (secondary N) is 1. The number of fused-ring (bicyclic) bond motifs is 1. The molecule has 0 fully saturated rings. The van der Waals surface area contributed by atoms with E-state index >= 15 is 0 Å². The molecule has 2 aromatic heterocycles. The lowest BCUT2D eigenvalue weighted by atomic mass is 10.1. The first kappa shape index (κ1) is 11.7. The molecule has 0 atom stereocenters. The lowest BCUT2D eigenvalue weighted by Gasteiger charge is -2.05. The van der Waals surface area contributed by atoms with Gasteiger partial charge in [0.15, 0.2) is 0 Å². The van der Waals surface area contributed by atoms with Crippen molar-refractivity contribution in [2.24, 2.45) is 0 Å². The average molecular weight is 254 g/mol. The van der Waals surface area contributed by atoms with Crippen LogP contribution in [-0.4, -0.2) is 17.1 Å². The first-order valence-corrected chi connectivity index (χ1v) is 6.09. The van der Waals surface area contributed by atoms with Gasteiger partial charge in [0.25, 0.3) is 0 Å². The van der Waals surface area contributed by atoms with Crippen molar-refractivity contribution in [1.82, 2.24) is 10.3 Å². The van der Waals surface area contributed by atoms with Gasteiger partial charge < -0.3 is 14.8 Å². The number of nitrogens with zero attached hydrogens (tertiary/aromatic N) is 1. The average Bonchev–Trinajstić information content (AvgIpc) is 2.88. The Bertz CT molecular complexity index is 705. The van der Waals surface area contributed by atoms with Gasteiger partial charge in [-0.3, -0.25) is 4.98 Å². The molecule has 0 saturated carbocycles. The van der Waals surface area contributed by atoms with Crippen molar-refractivity contribution < 1.29 is 9.52 Å². The summed E-state index contributed by atoms with van der Waals surface area (Å²) in [6, 6.07) is 9.74. The summed E-state index contributed by atoms with van der Waals surface area (Å²) in [7, 11) is 1.82. The number of furan rings is 1. The van der Waals surface area contributed by atoms with Crippen LogP contribution in [0.2, 0.25) is 0 Å². The predicted molar refractivity (Wildman–Crippen MR) is 73.9 cm³/mol. The van der Waals surface area contributed by atoms with E-state index in [-0.39, 0.29) is 5.75 Å². The second kappa shape index (κ2) is 4.74. The van der Waals surface area contributed by atoms with E-state index in [1.807, 2.05) is 37.4 Å². The van der Waals surface area contributed by atoms with Crippen LogP contribution in [0, 0.1) is 0 Å². The summed E-state index contributed by atoms with van der Waals surface area (Å²) in [5, 5.41) is 14.9. The summed E-state index contributed by atoms with van der Waals surface area (Å²) in [6.45, 7) is 0.515. The largest absolute Gasteiger partial charge is 0.505 e. The van der Waals surface area contributed by atoms with Gasteiger partial charge in [0, 0.05) is 23.7 Å². The highest BCUT2D eigenvalue weighted by atomic mass is 16.3. The van der Waals surface area contributed by atoms with Crippen LogP contribution in [0.3, 0.4) is 0 Å². The van der Waals surface area contributed by atoms with Crippen LogP contribution in [0.5, 0.6) is 5.75 Å². The smallest absolute Gasteiger partial charge is 0.150 e. The number of benzene rings is 1. The lowest BCUT2D eigenvalue weighted by Crippen LogP contribution is -2.06. The van der Waals surface area contributed by atoms with Gasteiger partial charge in [-0.1, -0.05) is 30.3 Å². The van der Waals surface area contributed by atoms with Crippen LogP contribution in [0.1, 0.15) is 5.69 Å². The van der Waals surface area contributed by atoms with Crippen molar-refractivity contribution in [3.8, 4) is 17.1 Å². The van der Waals surface area contributed by atoms with Gasteiger partial charge in [0.1, 0.15) is 17.8 Å². The third kappa shape index (κ3) is 1.96. The van der Waals surface area contributed by atoms with Crippen molar-refractivity contribution in [1.29, 1.82) is 0 Å². The Kier molecular flexibility index (Phi) is 2.93. The summed E-state index contributed by atoms with van der Waals surface area (Å²) in [4.78, 5) is 4.23. The molecule has 0 saturated heterocycles. The van der Waals surface area contributed by atoms with Crippen molar-refractivity contribution in [2.45, 2.75) is 6.54 Å². The molecule has 3 aromatic rings. The number of pyridine rings is 1. The standard InChI is InChI=1S/C15H14N2O2/c1-16-8-12-14(18)13-11(7-17-12)9-19-15(13)10-5-3-2-4-6-10/h2-7,9,16,18H,8H2,1H3. The Balaban J connectivity index is 2.24. The van der Waals surface area contributed by atoms with E-state index in [1.165, 1.54) is 0 Å². The maximum absolute atomic E-state index is 10.3. The molecule has 0 aliphatic carbocycles. The molecule has 0 radical (unpaired) electrons. The molecule has 0 spiro atoms. The van der Waals surface area contributed by atoms with E-state index in [4.69, 9.17) is 4.42 Å². The van der Waals surface area contributed by atoms with Gasteiger partial charge >= 0.3 is 0 Å². The molecule has 0 aliphatic heterocycles. The molecule has 2 N–H and O–H groups in total. The van der Waals surface area contributed by atoms with Crippen LogP contribution in [0.25, 0.3) is 22.1 Å². The van der Waals surface area contributed by atoms with E-state index in [2.05, 4.69) is 10.3 Å². The van der Waals surface area contributed by atoms with Gasteiger partial charge in [-0.25, -0.2) is 0 Å². The maximum atomic E-state index is 10.3. The fourth-order valence-electron chi connectivity index (χ4n) is 2.16. The minimum atomic E-state index is 0.180. The van der Waals surface area contributed by atoms with Crippen molar-refractivity contribution >= 4 is 10.8 Å². The Morgan fingerprint density at radius 1 is 1.26 bits per heavy atom. The zero-order chi connectivity index (χ0) is 13.2. The molecule has 1 aromatic carbocycles. The zero-order valence-corrected chi connectivity index (χ0v) is 10.6. The molecule has 19 heavy (non-hydrogen) atoms. The molecule has 96 valence electrons. The SMILES string of the molecule is CNCc1ncc2coc(-c3ccccc3)c2c1O. The minimum Gasteiger partial charge on any atom is -0.505 e. The molecule has 3 rings (SSSR count). The van der Waals surface area contributed by atoms with Crippen LogP contribution >= 0.6 is 0 Å². The van der Waals surface area contributed by atoms with Crippen molar-refractivity contribution in [2.75, 3.05) is 7.05 Å². The third-order valence-corrected chi connectivity index (χ3v) is 3.07. The molecule has 2 heterocycles. The number of aromatic hydroxyl groups is 1. The van der Waals surface area contributed by atoms with Gasteiger partial charge in [-0.05, 0) is 7.05 Å². The number of hydrogen-bond donors (Lipinski definition) is 2. The zero-order valence-electron chi connectivity index (χ0n) is 10.6. The Morgan fingerprint density at radius 3 is 2.79 bits per heavy atom. The topological polar surface area (TPSA) is 58.3 Å². The second-order valence-corrected chi connectivity index (χ2v) is 4.35. The molecule has 0 amide bonds. The van der Waals surface area contributed by atoms with E-state index in [0.717, 1.165) is 10.9 Å². The molecule has 0 unspecified atom stereocenters. The minimum absolute atomic E-state index is 0.180. The van der Waals surface area contributed by atoms with Gasteiger partial charge in [-0.15, -0.1) is 0 Å². The number of hydrogen-bond acceptors (Lipinski definition) is 4. The fourth-order valence-corrected chi connectivity index (χ4v) is 2.16. The summed E-state index contributed by atoms with van der Waals surface area (Å²) >= 11 is 0. The quantitative estimate of drug-likeness (QED) is 0.754.